The summed E-state index contributed by atoms with van der Waals surface area (Å²) in [5, 5.41) is 12.2. The first-order valence-corrected chi connectivity index (χ1v) is 12.3. The van der Waals surface area contributed by atoms with Gasteiger partial charge in [0.2, 0.25) is 0 Å². The molecule has 0 saturated carbocycles. The SMILES string of the molecule is COc1cc(C(=O)O)c(F)cc1NSc1csc(-c2ccc(N3CCC(C(F)(F)F)CC3)cc2)n1. The zero-order valence-corrected chi connectivity index (χ0v) is 20.1. The number of nitrogens with one attached hydrogen (secondary N) is 1. The third-order valence-electron chi connectivity index (χ3n) is 5.71. The van der Waals surface area contributed by atoms with Gasteiger partial charge < -0.3 is 19.5 Å². The summed E-state index contributed by atoms with van der Waals surface area (Å²) < 4.78 is 60.8. The zero-order valence-electron chi connectivity index (χ0n) is 18.4. The Morgan fingerprint density at radius 2 is 1.91 bits per heavy atom. The van der Waals surface area contributed by atoms with Crippen LogP contribution in [-0.2, 0) is 0 Å². The standard InChI is InChI=1S/C23H21F4N3O3S2/c1-33-19-10-16(22(31)32)17(24)11-18(19)29-35-20-12-34-21(28-20)13-2-4-15(5-3-13)30-8-6-14(7-9-30)23(25,26)27/h2-5,10-12,14,29H,6-9H2,1H3,(H,31,32). The Morgan fingerprint density at radius 1 is 1.23 bits per heavy atom. The summed E-state index contributed by atoms with van der Waals surface area (Å²) in [6.07, 6.45) is -3.94. The molecule has 12 heteroatoms. The number of piperidine rings is 1. The lowest BCUT2D eigenvalue weighted by molar-refractivity contribution is -0.179. The Balaban J connectivity index is 1.39. The summed E-state index contributed by atoms with van der Waals surface area (Å²) in [4.78, 5) is 17.6. The second-order valence-electron chi connectivity index (χ2n) is 7.88. The normalized spacial score (nSPS) is 14.7. The smallest absolute Gasteiger partial charge is 0.391 e. The molecular formula is C23H21F4N3O3S2. The second-order valence-corrected chi connectivity index (χ2v) is 9.57. The number of aromatic nitrogens is 1. The molecule has 6 nitrogen and oxygen atoms in total. The zero-order chi connectivity index (χ0) is 25.2. The number of hydrogen-bond donors (Lipinski definition) is 2. The number of carboxylic acids is 1. The number of carbonyl (C=O) groups is 1. The number of thiazole rings is 1. The quantitative estimate of drug-likeness (QED) is 0.266. The summed E-state index contributed by atoms with van der Waals surface area (Å²) in [5.74, 6) is -3.32. The molecule has 1 aromatic heterocycles. The lowest BCUT2D eigenvalue weighted by atomic mass is 9.96. The van der Waals surface area contributed by atoms with E-state index in [1.165, 1.54) is 18.4 Å². The van der Waals surface area contributed by atoms with Crippen LogP contribution in [0.4, 0.5) is 28.9 Å². The molecule has 0 atom stereocenters. The van der Waals surface area contributed by atoms with Crippen molar-refractivity contribution < 1.29 is 32.2 Å². The number of anilines is 2. The number of ether oxygens (including phenoxy) is 1. The van der Waals surface area contributed by atoms with Gasteiger partial charge in [-0.15, -0.1) is 11.3 Å². The van der Waals surface area contributed by atoms with E-state index in [2.05, 4.69) is 9.71 Å². The van der Waals surface area contributed by atoms with Crippen LogP contribution in [0.25, 0.3) is 10.6 Å². The lowest BCUT2D eigenvalue weighted by Gasteiger charge is -2.34. The van der Waals surface area contributed by atoms with Crippen LogP contribution in [0.15, 0.2) is 46.8 Å². The maximum Gasteiger partial charge on any atom is 0.391 e. The fraction of sp³-hybridized carbons (Fsp3) is 0.304. The van der Waals surface area contributed by atoms with E-state index in [9.17, 15) is 22.4 Å². The van der Waals surface area contributed by atoms with Gasteiger partial charge >= 0.3 is 12.1 Å². The van der Waals surface area contributed by atoms with E-state index in [0.717, 1.165) is 40.3 Å². The minimum absolute atomic E-state index is 0.0963. The van der Waals surface area contributed by atoms with Gasteiger partial charge in [-0.2, -0.15) is 13.2 Å². The van der Waals surface area contributed by atoms with Crippen molar-refractivity contribution in [1.82, 2.24) is 4.98 Å². The van der Waals surface area contributed by atoms with Gasteiger partial charge in [0, 0.05) is 47.7 Å². The first-order valence-electron chi connectivity index (χ1n) is 10.6. The molecule has 1 aliphatic rings. The van der Waals surface area contributed by atoms with Crippen LogP contribution in [0.1, 0.15) is 23.2 Å². The molecular weight excluding hydrogens is 506 g/mol. The number of methoxy groups -OCH3 is 1. The van der Waals surface area contributed by atoms with Gasteiger partial charge in [0.15, 0.2) is 0 Å². The van der Waals surface area contributed by atoms with Crippen molar-refractivity contribution in [3.05, 3.63) is 53.2 Å². The molecule has 35 heavy (non-hydrogen) atoms. The summed E-state index contributed by atoms with van der Waals surface area (Å²) >= 11 is 2.53. The average molecular weight is 528 g/mol. The molecule has 0 bridgehead atoms. The molecule has 0 aliphatic carbocycles. The summed E-state index contributed by atoms with van der Waals surface area (Å²) in [6.45, 7) is 0.732. The number of alkyl halides is 3. The van der Waals surface area contributed by atoms with E-state index in [4.69, 9.17) is 9.84 Å². The molecule has 1 saturated heterocycles. The summed E-state index contributed by atoms with van der Waals surface area (Å²) in [7, 11) is 1.36. The molecule has 1 fully saturated rings. The molecule has 1 aliphatic heterocycles. The third-order valence-corrected chi connectivity index (χ3v) is 7.49. The second kappa shape index (κ2) is 10.3. The van der Waals surface area contributed by atoms with Crippen molar-refractivity contribution in [3.63, 3.8) is 0 Å². The molecule has 0 spiro atoms. The lowest BCUT2D eigenvalue weighted by Crippen LogP contribution is -2.38. The van der Waals surface area contributed by atoms with Gasteiger partial charge in [-0.1, -0.05) is 0 Å². The highest BCUT2D eigenvalue weighted by Crippen LogP contribution is 2.37. The van der Waals surface area contributed by atoms with E-state index < -0.39 is 29.4 Å². The summed E-state index contributed by atoms with van der Waals surface area (Å²) in [5.41, 5.74) is 1.53. The molecule has 0 amide bonds. The topological polar surface area (TPSA) is 74.7 Å². The average Bonchev–Trinajstić information content (AvgIpc) is 3.31. The van der Waals surface area contributed by atoms with Crippen molar-refractivity contribution in [3.8, 4) is 16.3 Å². The fourth-order valence-electron chi connectivity index (χ4n) is 3.79. The third kappa shape index (κ3) is 5.81. The van der Waals surface area contributed by atoms with Gasteiger partial charge in [0.25, 0.3) is 0 Å². The number of halogens is 4. The maximum absolute atomic E-state index is 14.1. The molecule has 2 aromatic carbocycles. The Bertz CT molecular complexity index is 1190. The van der Waals surface area contributed by atoms with Crippen LogP contribution in [0, 0.1) is 11.7 Å². The first-order chi connectivity index (χ1) is 16.7. The largest absolute Gasteiger partial charge is 0.495 e. The van der Waals surface area contributed by atoms with Crippen LogP contribution in [0.3, 0.4) is 0 Å². The number of carboxylic acid groups (broad SMARTS) is 1. The molecule has 4 rings (SSSR count). The molecule has 2 N–H and O–H groups in total. The minimum atomic E-state index is -4.13. The predicted molar refractivity (Wildman–Crippen MR) is 128 cm³/mol. The van der Waals surface area contributed by atoms with Crippen LogP contribution in [-0.4, -0.2) is 42.4 Å². The Kier molecular flexibility index (Phi) is 7.41. The molecule has 3 aromatic rings. The molecule has 0 unspecified atom stereocenters. The monoisotopic (exact) mass is 527 g/mol. The molecule has 2 heterocycles. The number of aromatic carboxylic acids is 1. The molecule has 0 radical (unpaired) electrons. The number of rotatable bonds is 7. The van der Waals surface area contributed by atoms with Gasteiger partial charge in [-0.25, -0.2) is 14.2 Å². The number of hydrogen-bond acceptors (Lipinski definition) is 7. The summed E-state index contributed by atoms with van der Waals surface area (Å²) in [6, 6.07) is 9.70. The van der Waals surface area contributed by atoms with Crippen molar-refractivity contribution in [2.24, 2.45) is 5.92 Å². The first kappa shape index (κ1) is 25.1. The number of benzene rings is 2. The predicted octanol–water partition coefficient (Wildman–Crippen LogP) is 6.55. The van der Waals surface area contributed by atoms with Crippen LogP contribution in [0.2, 0.25) is 0 Å². The van der Waals surface area contributed by atoms with E-state index in [-0.39, 0.29) is 24.3 Å². The van der Waals surface area contributed by atoms with Gasteiger partial charge in [-0.3, -0.25) is 0 Å². The highest BCUT2D eigenvalue weighted by atomic mass is 32.2. The highest BCUT2D eigenvalue weighted by molar-refractivity contribution is 8.00. The Morgan fingerprint density at radius 3 is 2.51 bits per heavy atom. The van der Waals surface area contributed by atoms with Crippen LogP contribution >= 0.6 is 23.3 Å². The maximum atomic E-state index is 14.1. The van der Waals surface area contributed by atoms with Crippen molar-refractivity contribution in [2.45, 2.75) is 24.0 Å². The fourth-order valence-corrected chi connectivity index (χ4v) is 5.39. The van der Waals surface area contributed by atoms with E-state index in [0.29, 0.717) is 18.1 Å². The van der Waals surface area contributed by atoms with Crippen LogP contribution in [0.5, 0.6) is 5.75 Å². The highest BCUT2D eigenvalue weighted by Gasteiger charge is 2.41. The van der Waals surface area contributed by atoms with E-state index in [1.54, 1.807) is 0 Å². The van der Waals surface area contributed by atoms with Crippen molar-refractivity contribution in [1.29, 1.82) is 0 Å². The van der Waals surface area contributed by atoms with E-state index >= 15 is 0 Å². The number of nitrogens with zero attached hydrogens (tertiary/aromatic N) is 2. The van der Waals surface area contributed by atoms with Crippen LogP contribution < -0.4 is 14.4 Å². The minimum Gasteiger partial charge on any atom is -0.495 e. The Labute approximate surface area is 207 Å². The van der Waals surface area contributed by atoms with E-state index in [1.807, 2.05) is 34.5 Å². The van der Waals surface area contributed by atoms with Crippen molar-refractivity contribution >= 4 is 40.6 Å². The Hall–Kier alpha value is -2.99. The van der Waals surface area contributed by atoms with Gasteiger partial charge in [0.05, 0.1) is 24.3 Å². The van der Waals surface area contributed by atoms with Gasteiger partial charge in [-0.05, 0) is 43.2 Å². The molecule has 186 valence electrons. The van der Waals surface area contributed by atoms with Gasteiger partial charge in [0.1, 0.15) is 21.6 Å². The van der Waals surface area contributed by atoms with Crippen molar-refractivity contribution in [2.75, 3.05) is 29.8 Å².